The Morgan fingerprint density at radius 3 is 2.52 bits per heavy atom. The fraction of sp³-hybridized carbons (Fsp3) is 0.938. The molecule has 0 spiro atoms. The van der Waals surface area contributed by atoms with Crippen LogP contribution in [-0.4, -0.2) is 62.9 Å². The maximum atomic E-state index is 12.3. The molecule has 2 rings (SSSR count). The fourth-order valence-electron chi connectivity index (χ4n) is 3.15. The average Bonchev–Trinajstić information content (AvgIpc) is 2.53. The van der Waals surface area contributed by atoms with E-state index in [1.807, 2.05) is 11.8 Å². The van der Waals surface area contributed by atoms with Gasteiger partial charge in [0, 0.05) is 26.1 Å². The van der Waals surface area contributed by atoms with Crippen LogP contribution in [0.3, 0.4) is 0 Å². The second-order valence-electron chi connectivity index (χ2n) is 6.05. The van der Waals surface area contributed by atoms with Gasteiger partial charge in [0.15, 0.2) is 0 Å². The standard InChI is InChI=1S/C16H30N2O3/c1-2-20-11-12-21-15-5-9-18(10-6-15)16(19)13-14-3-7-17-8-4-14/h14-15,17H,2-13H2,1H3. The third-order valence-corrected chi connectivity index (χ3v) is 4.50. The van der Waals surface area contributed by atoms with Gasteiger partial charge in [-0.15, -0.1) is 0 Å². The highest BCUT2D eigenvalue weighted by molar-refractivity contribution is 5.76. The first-order valence-electron chi connectivity index (χ1n) is 8.47. The zero-order chi connectivity index (χ0) is 14.9. The number of nitrogens with one attached hydrogen (secondary N) is 1. The van der Waals surface area contributed by atoms with Gasteiger partial charge in [-0.05, 0) is 51.6 Å². The third-order valence-electron chi connectivity index (χ3n) is 4.50. The van der Waals surface area contributed by atoms with Crippen LogP contribution in [0.2, 0.25) is 0 Å². The van der Waals surface area contributed by atoms with E-state index < -0.39 is 0 Å². The third kappa shape index (κ3) is 5.93. The number of hydrogen-bond donors (Lipinski definition) is 1. The monoisotopic (exact) mass is 298 g/mol. The van der Waals surface area contributed by atoms with Crippen LogP contribution in [-0.2, 0) is 14.3 Å². The first-order valence-corrected chi connectivity index (χ1v) is 8.47. The van der Waals surface area contributed by atoms with E-state index in [0.717, 1.165) is 64.9 Å². The number of carbonyl (C=O) groups is 1. The van der Waals surface area contributed by atoms with E-state index in [1.165, 1.54) is 0 Å². The van der Waals surface area contributed by atoms with Crippen LogP contribution in [0.4, 0.5) is 0 Å². The van der Waals surface area contributed by atoms with Gasteiger partial charge in [0.1, 0.15) is 0 Å². The molecule has 0 saturated carbocycles. The first-order chi connectivity index (χ1) is 10.3. The van der Waals surface area contributed by atoms with Gasteiger partial charge in [0.05, 0.1) is 19.3 Å². The van der Waals surface area contributed by atoms with Gasteiger partial charge in [-0.1, -0.05) is 0 Å². The molecule has 2 aliphatic heterocycles. The number of amides is 1. The number of piperidine rings is 2. The molecule has 122 valence electrons. The second-order valence-corrected chi connectivity index (χ2v) is 6.05. The van der Waals surface area contributed by atoms with Crippen molar-refractivity contribution in [1.29, 1.82) is 0 Å². The van der Waals surface area contributed by atoms with Crippen molar-refractivity contribution < 1.29 is 14.3 Å². The average molecular weight is 298 g/mol. The molecular formula is C16H30N2O3. The van der Waals surface area contributed by atoms with Crippen LogP contribution >= 0.6 is 0 Å². The Morgan fingerprint density at radius 1 is 1.14 bits per heavy atom. The summed E-state index contributed by atoms with van der Waals surface area (Å²) in [5, 5.41) is 3.35. The van der Waals surface area contributed by atoms with Crippen molar-refractivity contribution in [2.24, 2.45) is 5.92 Å². The Labute approximate surface area is 128 Å². The number of likely N-dealkylation sites (tertiary alicyclic amines) is 1. The van der Waals surface area contributed by atoms with Crippen molar-refractivity contribution in [3.05, 3.63) is 0 Å². The summed E-state index contributed by atoms with van der Waals surface area (Å²) < 4.78 is 11.1. The molecular weight excluding hydrogens is 268 g/mol. The van der Waals surface area contributed by atoms with Gasteiger partial charge in [-0.3, -0.25) is 4.79 Å². The molecule has 0 atom stereocenters. The van der Waals surface area contributed by atoms with Crippen LogP contribution in [0, 0.1) is 5.92 Å². The molecule has 2 saturated heterocycles. The molecule has 2 heterocycles. The summed E-state index contributed by atoms with van der Waals surface area (Å²) in [6.45, 7) is 7.90. The van der Waals surface area contributed by atoms with E-state index in [-0.39, 0.29) is 0 Å². The van der Waals surface area contributed by atoms with Crippen molar-refractivity contribution in [2.75, 3.05) is 46.0 Å². The molecule has 0 aliphatic carbocycles. The molecule has 0 unspecified atom stereocenters. The molecule has 0 aromatic carbocycles. The van der Waals surface area contributed by atoms with Crippen molar-refractivity contribution in [3.8, 4) is 0 Å². The van der Waals surface area contributed by atoms with Crippen LogP contribution in [0.5, 0.6) is 0 Å². The molecule has 2 fully saturated rings. The summed E-state index contributed by atoms with van der Waals surface area (Å²) >= 11 is 0. The maximum Gasteiger partial charge on any atom is 0.222 e. The minimum Gasteiger partial charge on any atom is -0.379 e. The van der Waals surface area contributed by atoms with Gasteiger partial charge in [-0.25, -0.2) is 0 Å². The lowest BCUT2D eigenvalue weighted by molar-refractivity contribution is -0.135. The van der Waals surface area contributed by atoms with Gasteiger partial charge < -0.3 is 19.7 Å². The fourth-order valence-corrected chi connectivity index (χ4v) is 3.15. The minimum absolute atomic E-state index is 0.299. The second kappa shape index (κ2) is 9.38. The van der Waals surface area contributed by atoms with Crippen LogP contribution in [0.15, 0.2) is 0 Å². The largest absolute Gasteiger partial charge is 0.379 e. The number of nitrogens with zero attached hydrogens (tertiary/aromatic N) is 1. The normalized spacial score (nSPS) is 21.7. The lowest BCUT2D eigenvalue weighted by atomic mass is 9.93. The Balaban J connectivity index is 1.60. The molecule has 2 aliphatic rings. The zero-order valence-electron chi connectivity index (χ0n) is 13.3. The Kier molecular flexibility index (Phi) is 7.47. The summed E-state index contributed by atoms with van der Waals surface area (Å²) in [7, 11) is 0. The minimum atomic E-state index is 0.299. The maximum absolute atomic E-state index is 12.3. The van der Waals surface area contributed by atoms with E-state index in [0.29, 0.717) is 31.1 Å². The van der Waals surface area contributed by atoms with Crippen molar-refractivity contribution in [2.45, 2.75) is 45.1 Å². The van der Waals surface area contributed by atoms with E-state index >= 15 is 0 Å². The van der Waals surface area contributed by atoms with E-state index in [1.54, 1.807) is 0 Å². The lowest BCUT2D eigenvalue weighted by Crippen LogP contribution is -2.42. The van der Waals surface area contributed by atoms with Crippen LogP contribution in [0.25, 0.3) is 0 Å². The van der Waals surface area contributed by atoms with Crippen molar-refractivity contribution in [3.63, 3.8) is 0 Å². The van der Waals surface area contributed by atoms with Crippen LogP contribution in [0.1, 0.15) is 39.0 Å². The van der Waals surface area contributed by atoms with Gasteiger partial charge in [-0.2, -0.15) is 0 Å². The highest BCUT2D eigenvalue weighted by atomic mass is 16.5. The number of ether oxygens (including phenoxy) is 2. The molecule has 5 heteroatoms. The summed E-state index contributed by atoms with van der Waals surface area (Å²) in [5.41, 5.74) is 0. The smallest absolute Gasteiger partial charge is 0.222 e. The van der Waals surface area contributed by atoms with Gasteiger partial charge in [0.25, 0.3) is 0 Å². The number of hydrogen-bond acceptors (Lipinski definition) is 4. The molecule has 0 aromatic rings. The van der Waals surface area contributed by atoms with E-state index in [9.17, 15) is 4.79 Å². The SMILES string of the molecule is CCOCCOC1CCN(C(=O)CC2CCNCC2)CC1. The Hall–Kier alpha value is -0.650. The summed E-state index contributed by atoms with van der Waals surface area (Å²) in [6.07, 6.45) is 5.24. The van der Waals surface area contributed by atoms with Gasteiger partial charge >= 0.3 is 0 Å². The summed E-state index contributed by atoms with van der Waals surface area (Å²) in [4.78, 5) is 14.3. The van der Waals surface area contributed by atoms with E-state index in [2.05, 4.69) is 5.32 Å². The number of rotatable bonds is 7. The molecule has 1 amide bonds. The topological polar surface area (TPSA) is 50.8 Å². The van der Waals surface area contributed by atoms with Crippen molar-refractivity contribution >= 4 is 5.91 Å². The molecule has 1 N–H and O–H groups in total. The zero-order valence-corrected chi connectivity index (χ0v) is 13.3. The highest BCUT2D eigenvalue weighted by Gasteiger charge is 2.25. The summed E-state index contributed by atoms with van der Waals surface area (Å²) in [5.74, 6) is 0.925. The first kappa shape index (κ1) is 16.7. The van der Waals surface area contributed by atoms with E-state index in [4.69, 9.17) is 9.47 Å². The van der Waals surface area contributed by atoms with Gasteiger partial charge in [0.2, 0.25) is 5.91 Å². The summed E-state index contributed by atoms with van der Waals surface area (Å²) in [6, 6.07) is 0. The quantitative estimate of drug-likeness (QED) is 0.722. The predicted molar refractivity (Wildman–Crippen MR) is 82.3 cm³/mol. The molecule has 5 nitrogen and oxygen atoms in total. The Bertz CT molecular complexity index is 298. The number of carbonyl (C=O) groups excluding carboxylic acids is 1. The lowest BCUT2D eigenvalue weighted by Gasteiger charge is -2.33. The molecule has 0 bridgehead atoms. The molecule has 0 radical (unpaired) electrons. The highest BCUT2D eigenvalue weighted by Crippen LogP contribution is 2.20. The molecule has 21 heavy (non-hydrogen) atoms. The van der Waals surface area contributed by atoms with Crippen LogP contribution < -0.4 is 5.32 Å². The predicted octanol–water partition coefficient (Wildman–Crippen LogP) is 1.42. The molecule has 0 aromatic heterocycles. The van der Waals surface area contributed by atoms with Crippen molar-refractivity contribution in [1.82, 2.24) is 10.2 Å². The Morgan fingerprint density at radius 2 is 1.86 bits per heavy atom.